The Labute approximate surface area is 122 Å². The molecule has 106 valence electrons. The van der Waals surface area contributed by atoms with Crippen LogP contribution in [0.2, 0.25) is 0 Å². The van der Waals surface area contributed by atoms with Gasteiger partial charge in [-0.1, -0.05) is 18.2 Å². The van der Waals surface area contributed by atoms with E-state index in [2.05, 4.69) is 0 Å². The number of hydrogen-bond donors (Lipinski definition) is 3. The van der Waals surface area contributed by atoms with E-state index < -0.39 is 6.10 Å². The third kappa shape index (κ3) is 1.78. The summed E-state index contributed by atoms with van der Waals surface area (Å²) in [5.74, 6) is 0.347. The number of aryl methyl sites for hydroxylation is 1. The van der Waals surface area contributed by atoms with E-state index in [9.17, 15) is 15.3 Å². The quantitative estimate of drug-likeness (QED) is 0.549. The molecule has 3 aromatic rings. The second-order valence-electron chi connectivity index (χ2n) is 5.77. The lowest BCUT2D eigenvalue weighted by atomic mass is 9.84. The molecule has 1 unspecified atom stereocenters. The molecular formula is C18H16O3. The zero-order valence-corrected chi connectivity index (χ0v) is 11.5. The Morgan fingerprint density at radius 3 is 2.62 bits per heavy atom. The fourth-order valence-electron chi connectivity index (χ4n) is 3.53. The van der Waals surface area contributed by atoms with Crippen LogP contribution in [0.5, 0.6) is 11.5 Å². The maximum absolute atomic E-state index is 10.4. The van der Waals surface area contributed by atoms with Crippen LogP contribution in [0.1, 0.15) is 30.1 Å². The molecule has 0 heterocycles. The normalized spacial score (nSPS) is 18.0. The Bertz CT molecular complexity index is 867. The predicted octanol–water partition coefficient (Wildman–Crippen LogP) is 3.77. The third-order valence-electron chi connectivity index (χ3n) is 4.47. The summed E-state index contributed by atoms with van der Waals surface area (Å²) in [6.07, 6.45) is 2.13. The molecule has 3 aromatic carbocycles. The molecule has 0 amide bonds. The molecule has 0 saturated carbocycles. The van der Waals surface area contributed by atoms with E-state index in [0.717, 1.165) is 51.9 Å². The van der Waals surface area contributed by atoms with Crippen molar-refractivity contribution in [3.8, 4) is 11.5 Å². The third-order valence-corrected chi connectivity index (χ3v) is 4.47. The molecule has 1 aliphatic carbocycles. The summed E-state index contributed by atoms with van der Waals surface area (Å²) >= 11 is 0. The summed E-state index contributed by atoms with van der Waals surface area (Å²) < 4.78 is 0. The van der Waals surface area contributed by atoms with E-state index >= 15 is 0 Å². The summed E-state index contributed by atoms with van der Waals surface area (Å²) in [5, 5.41) is 33.8. The fourth-order valence-corrected chi connectivity index (χ4v) is 3.53. The van der Waals surface area contributed by atoms with Gasteiger partial charge in [-0.15, -0.1) is 0 Å². The highest BCUT2D eigenvalue weighted by Gasteiger charge is 2.23. The first-order chi connectivity index (χ1) is 10.1. The molecule has 1 atom stereocenters. The van der Waals surface area contributed by atoms with Crippen LogP contribution in [0.4, 0.5) is 0 Å². The summed E-state index contributed by atoms with van der Waals surface area (Å²) in [6.45, 7) is 0. The van der Waals surface area contributed by atoms with E-state index in [1.807, 2.05) is 18.2 Å². The van der Waals surface area contributed by atoms with Crippen molar-refractivity contribution in [1.82, 2.24) is 0 Å². The van der Waals surface area contributed by atoms with E-state index in [1.165, 1.54) is 0 Å². The number of aromatic hydroxyl groups is 2. The van der Waals surface area contributed by atoms with Crippen molar-refractivity contribution in [2.24, 2.45) is 0 Å². The average Bonchev–Trinajstić information content (AvgIpc) is 2.46. The zero-order valence-electron chi connectivity index (χ0n) is 11.5. The molecule has 0 aliphatic heterocycles. The fraction of sp³-hybridized carbons (Fsp3) is 0.222. The van der Waals surface area contributed by atoms with E-state index in [-0.39, 0.29) is 11.5 Å². The first kappa shape index (κ1) is 12.5. The monoisotopic (exact) mass is 280 g/mol. The van der Waals surface area contributed by atoms with Crippen molar-refractivity contribution in [2.75, 3.05) is 0 Å². The largest absolute Gasteiger partial charge is 0.508 e. The van der Waals surface area contributed by atoms with Crippen LogP contribution in [0.25, 0.3) is 21.5 Å². The standard InChI is InChI=1S/C18H16O3/c19-12-5-7-13-11(8-12)9-16(21)18-14(13)6-4-10-2-1-3-15(20)17(10)18/h4-9,15,19-21H,1-3H2. The topological polar surface area (TPSA) is 60.7 Å². The molecular weight excluding hydrogens is 264 g/mol. The van der Waals surface area contributed by atoms with Crippen molar-refractivity contribution in [3.63, 3.8) is 0 Å². The van der Waals surface area contributed by atoms with Crippen LogP contribution in [0.3, 0.4) is 0 Å². The Hall–Kier alpha value is -2.26. The number of phenols is 2. The molecule has 0 fully saturated rings. The second-order valence-corrected chi connectivity index (χ2v) is 5.77. The number of benzene rings is 3. The summed E-state index contributed by atoms with van der Waals surface area (Å²) in [4.78, 5) is 0. The van der Waals surface area contributed by atoms with Crippen molar-refractivity contribution in [2.45, 2.75) is 25.4 Å². The summed E-state index contributed by atoms with van der Waals surface area (Å²) in [6, 6.07) is 10.9. The molecule has 1 aliphatic rings. The SMILES string of the molecule is Oc1ccc2c(c1)cc(O)c1c3c(ccc12)CCCC3O. The van der Waals surface area contributed by atoms with Crippen LogP contribution in [0, 0.1) is 0 Å². The smallest absolute Gasteiger partial charge is 0.124 e. The number of aliphatic hydroxyl groups excluding tert-OH is 1. The van der Waals surface area contributed by atoms with Gasteiger partial charge in [0.2, 0.25) is 0 Å². The highest BCUT2D eigenvalue weighted by atomic mass is 16.3. The number of fused-ring (bicyclic) bond motifs is 5. The Morgan fingerprint density at radius 1 is 0.952 bits per heavy atom. The van der Waals surface area contributed by atoms with Gasteiger partial charge >= 0.3 is 0 Å². The zero-order chi connectivity index (χ0) is 14.6. The molecule has 4 rings (SSSR count). The number of aliphatic hydroxyl groups is 1. The maximum atomic E-state index is 10.4. The molecule has 0 aromatic heterocycles. The molecule has 0 bridgehead atoms. The van der Waals surface area contributed by atoms with Gasteiger partial charge in [0.05, 0.1) is 6.10 Å². The molecule has 0 saturated heterocycles. The minimum atomic E-state index is -0.516. The van der Waals surface area contributed by atoms with Gasteiger partial charge in [-0.3, -0.25) is 0 Å². The van der Waals surface area contributed by atoms with Crippen LogP contribution in [-0.2, 0) is 6.42 Å². The highest BCUT2D eigenvalue weighted by Crippen LogP contribution is 2.42. The van der Waals surface area contributed by atoms with Gasteiger partial charge in [0, 0.05) is 5.39 Å². The van der Waals surface area contributed by atoms with Gasteiger partial charge in [0.25, 0.3) is 0 Å². The molecule has 3 N–H and O–H groups in total. The lowest BCUT2D eigenvalue weighted by molar-refractivity contribution is 0.158. The van der Waals surface area contributed by atoms with E-state index in [0.29, 0.717) is 0 Å². The van der Waals surface area contributed by atoms with Gasteiger partial charge in [0.15, 0.2) is 0 Å². The van der Waals surface area contributed by atoms with Crippen LogP contribution in [-0.4, -0.2) is 15.3 Å². The highest BCUT2D eigenvalue weighted by molar-refractivity contribution is 6.12. The van der Waals surface area contributed by atoms with Gasteiger partial charge in [-0.05, 0) is 64.7 Å². The lowest BCUT2D eigenvalue weighted by Crippen LogP contribution is -2.09. The molecule has 21 heavy (non-hydrogen) atoms. The van der Waals surface area contributed by atoms with Gasteiger partial charge < -0.3 is 15.3 Å². The molecule has 3 nitrogen and oxygen atoms in total. The minimum Gasteiger partial charge on any atom is -0.508 e. The predicted molar refractivity (Wildman–Crippen MR) is 82.7 cm³/mol. The van der Waals surface area contributed by atoms with Crippen molar-refractivity contribution in [3.05, 3.63) is 47.5 Å². The van der Waals surface area contributed by atoms with Crippen LogP contribution < -0.4 is 0 Å². The van der Waals surface area contributed by atoms with E-state index in [4.69, 9.17) is 0 Å². The molecule has 3 heteroatoms. The maximum Gasteiger partial charge on any atom is 0.124 e. The Kier molecular flexibility index (Phi) is 2.59. The number of rotatable bonds is 0. The molecule has 0 spiro atoms. The van der Waals surface area contributed by atoms with E-state index in [1.54, 1.807) is 18.2 Å². The number of hydrogen-bond acceptors (Lipinski definition) is 3. The summed E-state index contributed by atoms with van der Waals surface area (Å²) in [7, 11) is 0. The average molecular weight is 280 g/mol. The second kappa shape index (κ2) is 4.37. The first-order valence-electron chi connectivity index (χ1n) is 7.23. The van der Waals surface area contributed by atoms with Gasteiger partial charge in [0.1, 0.15) is 11.5 Å². The van der Waals surface area contributed by atoms with Gasteiger partial charge in [-0.25, -0.2) is 0 Å². The van der Waals surface area contributed by atoms with Gasteiger partial charge in [-0.2, -0.15) is 0 Å². The summed E-state index contributed by atoms with van der Waals surface area (Å²) in [5.41, 5.74) is 1.99. The van der Waals surface area contributed by atoms with Crippen LogP contribution >= 0.6 is 0 Å². The Morgan fingerprint density at radius 2 is 1.76 bits per heavy atom. The molecule has 0 radical (unpaired) electrons. The first-order valence-corrected chi connectivity index (χ1v) is 7.23. The minimum absolute atomic E-state index is 0.167. The van der Waals surface area contributed by atoms with Crippen molar-refractivity contribution < 1.29 is 15.3 Å². The van der Waals surface area contributed by atoms with Crippen molar-refractivity contribution >= 4 is 21.5 Å². The Balaban J connectivity index is 2.18. The lowest BCUT2D eigenvalue weighted by Gasteiger charge is -2.24. The number of phenolic OH excluding ortho intramolecular Hbond substituents is 2. The van der Waals surface area contributed by atoms with Crippen LogP contribution in [0.15, 0.2) is 36.4 Å². The van der Waals surface area contributed by atoms with Crippen molar-refractivity contribution in [1.29, 1.82) is 0 Å².